The van der Waals surface area contributed by atoms with Crippen molar-refractivity contribution in [3.05, 3.63) is 0 Å². The van der Waals surface area contributed by atoms with E-state index in [2.05, 4.69) is 13.8 Å². The number of nitrogens with zero attached hydrogens (tertiary/aromatic N) is 1. The largest absolute Gasteiger partial charge is 0.341 e. The third-order valence-corrected chi connectivity index (χ3v) is 4.51. The van der Waals surface area contributed by atoms with Crippen LogP contribution < -0.4 is 5.73 Å². The highest BCUT2D eigenvalue weighted by Crippen LogP contribution is 2.39. The van der Waals surface area contributed by atoms with E-state index >= 15 is 0 Å². The molecular formula is C13H24N2O. The Labute approximate surface area is 98.4 Å². The average molecular weight is 224 g/mol. The highest BCUT2D eigenvalue weighted by atomic mass is 16.2. The summed E-state index contributed by atoms with van der Waals surface area (Å²) in [4.78, 5) is 14.3. The van der Waals surface area contributed by atoms with Crippen LogP contribution in [0.15, 0.2) is 0 Å². The van der Waals surface area contributed by atoms with Gasteiger partial charge in [0.2, 0.25) is 5.91 Å². The normalized spacial score (nSPS) is 34.6. The number of hydrogen-bond donors (Lipinski definition) is 1. The predicted molar refractivity (Wildman–Crippen MR) is 64.8 cm³/mol. The van der Waals surface area contributed by atoms with Gasteiger partial charge in [-0.15, -0.1) is 0 Å². The Kier molecular flexibility index (Phi) is 2.99. The first kappa shape index (κ1) is 11.9. The first-order valence-corrected chi connectivity index (χ1v) is 6.51. The molecule has 0 spiro atoms. The quantitative estimate of drug-likeness (QED) is 0.774. The van der Waals surface area contributed by atoms with Crippen LogP contribution in [0, 0.1) is 17.8 Å². The molecule has 1 saturated heterocycles. The van der Waals surface area contributed by atoms with Crippen LogP contribution in [-0.2, 0) is 4.79 Å². The van der Waals surface area contributed by atoms with Crippen molar-refractivity contribution in [2.45, 2.75) is 45.6 Å². The Morgan fingerprint density at radius 3 is 2.38 bits per heavy atom. The molecule has 0 aromatic heterocycles. The predicted octanol–water partition coefficient (Wildman–Crippen LogP) is 1.62. The third-order valence-electron chi connectivity index (χ3n) is 4.51. The number of amides is 1. The Morgan fingerprint density at radius 2 is 1.88 bits per heavy atom. The third kappa shape index (κ3) is 2.10. The van der Waals surface area contributed by atoms with Crippen molar-refractivity contribution in [2.24, 2.45) is 23.5 Å². The Balaban J connectivity index is 1.99. The van der Waals surface area contributed by atoms with Crippen molar-refractivity contribution >= 4 is 5.91 Å². The molecule has 0 aromatic carbocycles. The first-order valence-electron chi connectivity index (χ1n) is 6.51. The van der Waals surface area contributed by atoms with Crippen molar-refractivity contribution in [1.82, 2.24) is 4.90 Å². The van der Waals surface area contributed by atoms with Gasteiger partial charge in [0.25, 0.3) is 0 Å². The summed E-state index contributed by atoms with van der Waals surface area (Å²) in [5.41, 5.74) is 5.57. The average Bonchev–Trinajstić information content (AvgIpc) is 3.04. The van der Waals surface area contributed by atoms with Gasteiger partial charge in [-0.3, -0.25) is 4.79 Å². The summed E-state index contributed by atoms with van der Waals surface area (Å²) < 4.78 is 0. The molecule has 2 rings (SSSR count). The van der Waals surface area contributed by atoms with Crippen LogP contribution in [0.2, 0.25) is 0 Å². The van der Waals surface area contributed by atoms with Gasteiger partial charge in [0, 0.05) is 13.1 Å². The van der Waals surface area contributed by atoms with Gasteiger partial charge in [-0.1, -0.05) is 13.8 Å². The zero-order chi connectivity index (χ0) is 11.9. The smallest absolute Gasteiger partial charge is 0.242 e. The van der Waals surface area contributed by atoms with Crippen molar-refractivity contribution in [3.8, 4) is 0 Å². The molecule has 2 aliphatic rings. The summed E-state index contributed by atoms with van der Waals surface area (Å²) in [5, 5.41) is 0. The van der Waals surface area contributed by atoms with Crippen molar-refractivity contribution < 1.29 is 4.79 Å². The molecule has 0 bridgehead atoms. The second-order valence-electron chi connectivity index (χ2n) is 6.05. The van der Waals surface area contributed by atoms with Gasteiger partial charge < -0.3 is 10.6 Å². The minimum atomic E-state index is -0.611. The maximum absolute atomic E-state index is 12.4. The Morgan fingerprint density at radius 1 is 1.25 bits per heavy atom. The van der Waals surface area contributed by atoms with E-state index in [1.54, 1.807) is 0 Å². The van der Waals surface area contributed by atoms with E-state index < -0.39 is 5.54 Å². The van der Waals surface area contributed by atoms with Gasteiger partial charge in [0.1, 0.15) is 0 Å². The molecule has 1 aliphatic heterocycles. The number of piperidine rings is 1. The van der Waals surface area contributed by atoms with Crippen molar-refractivity contribution in [1.29, 1.82) is 0 Å². The first-order chi connectivity index (χ1) is 7.43. The summed E-state index contributed by atoms with van der Waals surface area (Å²) >= 11 is 0. The molecule has 2 N–H and O–H groups in total. The van der Waals surface area contributed by atoms with Crippen LogP contribution >= 0.6 is 0 Å². The number of likely N-dealkylation sites (tertiary alicyclic amines) is 1. The Bertz CT molecular complexity index is 284. The summed E-state index contributed by atoms with van der Waals surface area (Å²) in [6, 6.07) is 0. The molecule has 3 atom stereocenters. The topological polar surface area (TPSA) is 46.3 Å². The fourth-order valence-corrected chi connectivity index (χ4v) is 2.65. The minimum absolute atomic E-state index is 0.175. The lowest BCUT2D eigenvalue weighted by Crippen LogP contribution is -2.57. The minimum Gasteiger partial charge on any atom is -0.341 e. The second-order valence-corrected chi connectivity index (χ2v) is 6.05. The van der Waals surface area contributed by atoms with Crippen LogP contribution in [0.1, 0.15) is 40.0 Å². The van der Waals surface area contributed by atoms with E-state index in [0.29, 0.717) is 11.8 Å². The van der Waals surface area contributed by atoms with Gasteiger partial charge in [0.05, 0.1) is 5.54 Å². The van der Waals surface area contributed by atoms with Gasteiger partial charge in [-0.25, -0.2) is 0 Å². The number of rotatable bonds is 2. The number of hydrogen-bond acceptors (Lipinski definition) is 2. The lowest BCUT2D eigenvalue weighted by Gasteiger charge is -2.39. The standard InChI is InChI=1S/C13H24N2O/c1-9-6-7-15(8-10(9)2)12(16)13(3,14)11-4-5-11/h9-11H,4-8,14H2,1-3H3. The monoisotopic (exact) mass is 224 g/mol. The van der Waals surface area contributed by atoms with Gasteiger partial charge >= 0.3 is 0 Å². The summed E-state index contributed by atoms with van der Waals surface area (Å²) in [6.45, 7) is 8.20. The molecule has 1 heterocycles. The molecule has 1 aliphatic carbocycles. The summed E-state index contributed by atoms with van der Waals surface area (Å²) in [5.74, 6) is 1.94. The van der Waals surface area contributed by atoms with Crippen LogP contribution in [0.25, 0.3) is 0 Å². The summed E-state index contributed by atoms with van der Waals surface area (Å²) in [6.07, 6.45) is 3.37. The summed E-state index contributed by atoms with van der Waals surface area (Å²) in [7, 11) is 0. The fraction of sp³-hybridized carbons (Fsp3) is 0.923. The van der Waals surface area contributed by atoms with Crippen LogP contribution in [0.3, 0.4) is 0 Å². The molecule has 2 fully saturated rings. The fourth-order valence-electron chi connectivity index (χ4n) is 2.65. The van der Waals surface area contributed by atoms with E-state index in [1.165, 1.54) is 0 Å². The molecule has 3 nitrogen and oxygen atoms in total. The zero-order valence-electron chi connectivity index (χ0n) is 10.7. The Hall–Kier alpha value is -0.570. The molecule has 3 unspecified atom stereocenters. The van der Waals surface area contributed by atoms with E-state index in [4.69, 9.17) is 5.73 Å². The molecule has 1 saturated carbocycles. The van der Waals surface area contributed by atoms with Crippen LogP contribution in [-0.4, -0.2) is 29.4 Å². The maximum Gasteiger partial charge on any atom is 0.242 e. The molecule has 0 aromatic rings. The highest BCUT2D eigenvalue weighted by molar-refractivity contribution is 5.86. The van der Waals surface area contributed by atoms with Crippen LogP contribution in [0.5, 0.6) is 0 Å². The van der Waals surface area contributed by atoms with Gasteiger partial charge in [-0.05, 0) is 43.9 Å². The van der Waals surface area contributed by atoms with E-state index in [1.807, 2.05) is 11.8 Å². The lowest BCUT2D eigenvalue weighted by molar-refractivity contribution is -0.139. The molecule has 92 valence electrons. The number of carbonyl (C=O) groups is 1. The second kappa shape index (κ2) is 4.02. The molecule has 3 heteroatoms. The number of carbonyl (C=O) groups excluding carboxylic acids is 1. The van der Waals surface area contributed by atoms with Crippen molar-refractivity contribution in [3.63, 3.8) is 0 Å². The zero-order valence-corrected chi connectivity index (χ0v) is 10.7. The van der Waals surface area contributed by atoms with Gasteiger partial charge in [-0.2, -0.15) is 0 Å². The highest BCUT2D eigenvalue weighted by Gasteiger charge is 2.46. The lowest BCUT2D eigenvalue weighted by atomic mass is 9.86. The molecular weight excluding hydrogens is 200 g/mol. The maximum atomic E-state index is 12.4. The molecule has 1 amide bonds. The van der Waals surface area contributed by atoms with Crippen LogP contribution in [0.4, 0.5) is 0 Å². The van der Waals surface area contributed by atoms with E-state index in [0.717, 1.165) is 38.3 Å². The SMILES string of the molecule is CC1CCN(C(=O)C(C)(N)C2CC2)CC1C. The van der Waals surface area contributed by atoms with E-state index in [9.17, 15) is 4.79 Å². The van der Waals surface area contributed by atoms with E-state index in [-0.39, 0.29) is 5.91 Å². The molecule has 0 radical (unpaired) electrons. The van der Waals surface area contributed by atoms with Gasteiger partial charge in [0.15, 0.2) is 0 Å². The number of nitrogens with two attached hydrogens (primary N) is 1. The van der Waals surface area contributed by atoms with Crippen molar-refractivity contribution in [2.75, 3.05) is 13.1 Å². The molecule has 16 heavy (non-hydrogen) atoms.